The van der Waals surface area contributed by atoms with E-state index in [1.165, 1.54) is 27.8 Å². The molecular weight excluding hydrogens is 236 g/mol. The molecule has 16 heavy (non-hydrogen) atoms. The van der Waals surface area contributed by atoms with Crippen molar-refractivity contribution in [2.75, 3.05) is 11.5 Å². The van der Waals surface area contributed by atoms with Crippen molar-refractivity contribution in [3.05, 3.63) is 16.1 Å². The summed E-state index contributed by atoms with van der Waals surface area (Å²) in [5, 5.41) is 4.85. The van der Waals surface area contributed by atoms with Crippen LogP contribution in [0, 0.1) is 12.3 Å². The lowest BCUT2D eigenvalue weighted by molar-refractivity contribution is 0.317. The van der Waals surface area contributed by atoms with Crippen LogP contribution in [0.15, 0.2) is 6.20 Å². The summed E-state index contributed by atoms with van der Waals surface area (Å²) in [6.07, 6.45) is 3.24. The second-order valence-corrected chi connectivity index (χ2v) is 7.68. The molecule has 0 aromatic carbocycles. The lowest BCUT2D eigenvalue weighted by atomic mass is 9.88. The van der Waals surface area contributed by atoms with Gasteiger partial charge in [-0.05, 0) is 24.5 Å². The van der Waals surface area contributed by atoms with Crippen LogP contribution < -0.4 is 5.32 Å². The fourth-order valence-electron chi connectivity index (χ4n) is 2.11. The molecule has 1 aromatic rings. The van der Waals surface area contributed by atoms with Crippen molar-refractivity contribution in [2.45, 2.75) is 39.8 Å². The molecule has 0 amide bonds. The van der Waals surface area contributed by atoms with E-state index in [1.807, 2.05) is 6.20 Å². The van der Waals surface area contributed by atoms with Crippen molar-refractivity contribution in [1.29, 1.82) is 0 Å². The van der Waals surface area contributed by atoms with Crippen LogP contribution in [0.2, 0.25) is 0 Å². The number of thioether (sulfide) groups is 1. The standard InChI is InChI=1S/C12H20N2S2/c1-9-5-14-11(16-9)6-13-10-4-12(2,3)8-15-7-10/h5,10,13H,4,6-8H2,1-3H3. The number of aromatic nitrogens is 1. The average Bonchev–Trinajstić information content (AvgIpc) is 2.60. The van der Waals surface area contributed by atoms with Crippen LogP contribution >= 0.6 is 23.1 Å². The van der Waals surface area contributed by atoms with Gasteiger partial charge in [-0.25, -0.2) is 4.98 Å². The molecule has 1 atom stereocenters. The molecule has 0 spiro atoms. The lowest BCUT2D eigenvalue weighted by Gasteiger charge is -2.35. The third kappa shape index (κ3) is 3.47. The fraction of sp³-hybridized carbons (Fsp3) is 0.750. The molecule has 1 aliphatic heterocycles. The predicted molar refractivity (Wildman–Crippen MR) is 73.2 cm³/mol. The zero-order valence-corrected chi connectivity index (χ0v) is 11.9. The van der Waals surface area contributed by atoms with Crippen LogP contribution in [-0.2, 0) is 6.54 Å². The highest BCUT2D eigenvalue weighted by atomic mass is 32.2. The number of nitrogens with zero attached hydrogens (tertiary/aromatic N) is 1. The molecule has 1 unspecified atom stereocenters. The van der Waals surface area contributed by atoms with Crippen LogP contribution in [0.4, 0.5) is 0 Å². The van der Waals surface area contributed by atoms with E-state index in [1.54, 1.807) is 11.3 Å². The maximum absolute atomic E-state index is 4.39. The van der Waals surface area contributed by atoms with Gasteiger partial charge in [0, 0.05) is 29.4 Å². The molecule has 0 aliphatic carbocycles. The molecular formula is C12H20N2S2. The smallest absolute Gasteiger partial charge is 0.107 e. The number of rotatable bonds is 3. The van der Waals surface area contributed by atoms with Gasteiger partial charge in [0.1, 0.15) is 5.01 Å². The van der Waals surface area contributed by atoms with Crippen LogP contribution in [0.5, 0.6) is 0 Å². The third-order valence-electron chi connectivity index (χ3n) is 2.82. The van der Waals surface area contributed by atoms with Crippen molar-refractivity contribution in [2.24, 2.45) is 5.41 Å². The van der Waals surface area contributed by atoms with Crippen molar-refractivity contribution in [3.8, 4) is 0 Å². The Morgan fingerprint density at radius 3 is 3.00 bits per heavy atom. The number of hydrogen-bond acceptors (Lipinski definition) is 4. The Bertz CT molecular complexity index is 347. The molecule has 0 radical (unpaired) electrons. The molecule has 1 fully saturated rings. The molecule has 1 N–H and O–H groups in total. The van der Waals surface area contributed by atoms with Gasteiger partial charge in [0.15, 0.2) is 0 Å². The van der Waals surface area contributed by atoms with Crippen molar-refractivity contribution in [1.82, 2.24) is 10.3 Å². The maximum atomic E-state index is 4.39. The summed E-state index contributed by atoms with van der Waals surface area (Å²) in [6.45, 7) is 7.77. The first kappa shape index (κ1) is 12.4. The second kappa shape index (κ2) is 5.07. The Kier molecular flexibility index (Phi) is 3.93. The van der Waals surface area contributed by atoms with Crippen molar-refractivity contribution in [3.63, 3.8) is 0 Å². The summed E-state index contributed by atoms with van der Waals surface area (Å²) in [4.78, 5) is 5.69. The summed E-state index contributed by atoms with van der Waals surface area (Å²) in [7, 11) is 0. The van der Waals surface area contributed by atoms with Gasteiger partial charge in [-0.3, -0.25) is 0 Å². The number of aryl methyl sites for hydroxylation is 1. The average molecular weight is 256 g/mol. The maximum Gasteiger partial charge on any atom is 0.107 e. The van der Waals surface area contributed by atoms with Gasteiger partial charge in [-0.15, -0.1) is 11.3 Å². The molecule has 0 bridgehead atoms. The first-order valence-electron chi connectivity index (χ1n) is 5.78. The fourth-order valence-corrected chi connectivity index (χ4v) is 4.15. The molecule has 1 aromatic heterocycles. The van der Waals surface area contributed by atoms with Gasteiger partial charge in [-0.1, -0.05) is 13.8 Å². The van der Waals surface area contributed by atoms with E-state index in [9.17, 15) is 0 Å². The van der Waals surface area contributed by atoms with E-state index >= 15 is 0 Å². The second-order valence-electron chi connectivity index (χ2n) is 5.33. The minimum atomic E-state index is 0.485. The summed E-state index contributed by atoms with van der Waals surface area (Å²) < 4.78 is 0. The molecule has 1 saturated heterocycles. The highest BCUT2D eigenvalue weighted by molar-refractivity contribution is 7.99. The van der Waals surface area contributed by atoms with E-state index in [2.05, 4.69) is 42.8 Å². The van der Waals surface area contributed by atoms with E-state index in [-0.39, 0.29) is 0 Å². The zero-order valence-electron chi connectivity index (χ0n) is 10.2. The molecule has 4 heteroatoms. The van der Waals surface area contributed by atoms with Crippen LogP contribution in [0.1, 0.15) is 30.2 Å². The number of thiazole rings is 1. The molecule has 0 saturated carbocycles. The first-order valence-corrected chi connectivity index (χ1v) is 7.75. The van der Waals surface area contributed by atoms with Crippen LogP contribution in [0.25, 0.3) is 0 Å². The molecule has 2 heterocycles. The minimum Gasteiger partial charge on any atom is -0.307 e. The van der Waals surface area contributed by atoms with E-state index in [4.69, 9.17) is 0 Å². The first-order chi connectivity index (χ1) is 7.55. The number of hydrogen-bond donors (Lipinski definition) is 1. The SMILES string of the molecule is Cc1cnc(CNC2CSCC(C)(C)C2)s1. The van der Waals surface area contributed by atoms with E-state index in [0.29, 0.717) is 11.5 Å². The van der Waals surface area contributed by atoms with Crippen molar-refractivity contribution >= 4 is 23.1 Å². The van der Waals surface area contributed by atoms with Gasteiger partial charge in [0.25, 0.3) is 0 Å². The Morgan fingerprint density at radius 1 is 1.56 bits per heavy atom. The van der Waals surface area contributed by atoms with Crippen molar-refractivity contribution < 1.29 is 0 Å². The topological polar surface area (TPSA) is 24.9 Å². The van der Waals surface area contributed by atoms with Gasteiger partial charge in [0.05, 0.1) is 0 Å². The quantitative estimate of drug-likeness (QED) is 0.899. The summed E-state index contributed by atoms with van der Waals surface area (Å²) >= 11 is 3.87. The van der Waals surface area contributed by atoms with Gasteiger partial charge in [-0.2, -0.15) is 11.8 Å². The van der Waals surface area contributed by atoms with Crippen LogP contribution in [0.3, 0.4) is 0 Å². The Balaban J connectivity index is 1.82. The molecule has 90 valence electrons. The normalized spacial score (nSPS) is 24.6. The predicted octanol–water partition coefficient (Wildman–Crippen LogP) is 3.07. The highest BCUT2D eigenvalue weighted by Gasteiger charge is 2.28. The molecule has 2 nitrogen and oxygen atoms in total. The summed E-state index contributed by atoms with van der Waals surface area (Å²) in [5.74, 6) is 2.54. The Hall–Kier alpha value is -0.0600. The third-order valence-corrected chi connectivity index (χ3v) is 5.36. The van der Waals surface area contributed by atoms with E-state index in [0.717, 1.165) is 6.54 Å². The van der Waals surface area contributed by atoms with E-state index < -0.39 is 0 Å². The highest BCUT2D eigenvalue weighted by Crippen LogP contribution is 2.33. The summed E-state index contributed by atoms with van der Waals surface area (Å²) in [5.41, 5.74) is 0.485. The monoisotopic (exact) mass is 256 g/mol. The lowest BCUT2D eigenvalue weighted by Crippen LogP contribution is -2.39. The van der Waals surface area contributed by atoms with Gasteiger partial charge in [0.2, 0.25) is 0 Å². The largest absolute Gasteiger partial charge is 0.307 e. The van der Waals surface area contributed by atoms with Gasteiger partial charge < -0.3 is 5.32 Å². The Labute approximate surface area is 106 Å². The Morgan fingerprint density at radius 2 is 2.38 bits per heavy atom. The molecule has 1 aliphatic rings. The van der Waals surface area contributed by atoms with Crippen LogP contribution in [-0.4, -0.2) is 22.5 Å². The zero-order chi connectivity index (χ0) is 11.6. The minimum absolute atomic E-state index is 0.485. The number of nitrogens with one attached hydrogen (secondary N) is 1. The summed E-state index contributed by atoms with van der Waals surface area (Å²) in [6, 6.07) is 0.651. The van der Waals surface area contributed by atoms with Gasteiger partial charge >= 0.3 is 0 Å². The molecule has 2 rings (SSSR count).